The van der Waals surface area contributed by atoms with Crippen LogP contribution in [0.3, 0.4) is 0 Å². The predicted molar refractivity (Wildman–Crippen MR) is 82.9 cm³/mol. The second kappa shape index (κ2) is 6.37. The second-order valence-corrected chi connectivity index (χ2v) is 5.78. The number of ketones is 1. The van der Waals surface area contributed by atoms with E-state index in [-0.39, 0.29) is 5.78 Å². The monoisotopic (exact) mass is 306 g/mol. The first-order valence-electron chi connectivity index (χ1n) is 6.74. The minimum absolute atomic E-state index is 0.186. The van der Waals surface area contributed by atoms with E-state index < -0.39 is 0 Å². The second-order valence-electron chi connectivity index (χ2n) is 5.37. The van der Waals surface area contributed by atoms with E-state index in [9.17, 15) is 4.79 Å². The zero-order valence-electron chi connectivity index (χ0n) is 12.7. The predicted octanol–water partition coefficient (Wildman–Crippen LogP) is 2.34. The number of carbonyl (C=O) groups is 1. The molecule has 0 radical (unpaired) electrons. The molecule has 2 aromatic heterocycles. The summed E-state index contributed by atoms with van der Waals surface area (Å²) in [4.78, 5) is 19.0. The minimum atomic E-state index is -0.186. The molecule has 0 aliphatic rings. The van der Waals surface area contributed by atoms with Crippen LogP contribution >= 0.6 is 11.6 Å². The Morgan fingerprint density at radius 3 is 2.67 bits per heavy atom. The summed E-state index contributed by atoms with van der Waals surface area (Å²) in [6.45, 7) is 5.20. The number of nitrogens with zero attached hydrogens (tertiary/aromatic N) is 4. The van der Waals surface area contributed by atoms with Gasteiger partial charge in [-0.1, -0.05) is 17.7 Å². The molecule has 0 atom stereocenters. The van der Waals surface area contributed by atoms with Crippen molar-refractivity contribution >= 4 is 17.4 Å². The van der Waals surface area contributed by atoms with Crippen molar-refractivity contribution < 1.29 is 4.79 Å². The number of aromatic nitrogens is 3. The Balaban J connectivity index is 2.36. The normalized spacial score (nSPS) is 11.1. The number of rotatable bonds is 5. The highest BCUT2D eigenvalue weighted by Gasteiger charge is 2.21. The van der Waals surface area contributed by atoms with Crippen LogP contribution in [0.5, 0.6) is 0 Å². The fourth-order valence-electron chi connectivity index (χ4n) is 2.12. The van der Waals surface area contributed by atoms with E-state index in [1.54, 1.807) is 10.9 Å². The van der Waals surface area contributed by atoms with Gasteiger partial charge in [-0.25, -0.2) is 0 Å². The van der Waals surface area contributed by atoms with Crippen molar-refractivity contribution in [1.82, 2.24) is 19.7 Å². The maximum atomic E-state index is 12.7. The van der Waals surface area contributed by atoms with Crippen LogP contribution in [0.1, 0.15) is 27.3 Å². The Kier molecular flexibility index (Phi) is 4.75. The Morgan fingerprint density at radius 1 is 1.33 bits per heavy atom. The summed E-state index contributed by atoms with van der Waals surface area (Å²) in [5, 5.41) is 4.55. The Labute approximate surface area is 129 Å². The molecule has 21 heavy (non-hydrogen) atoms. The van der Waals surface area contributed by atoms with Gasteiger partial charge in [0.25, 0.3) is 0 Å². The maximum Gasteiger partial charge on any atom is 0.231 e. The smallest absolute Gasteiger partial charge is 0.231 e. The van der Waals surface area contributed by atoms with Crippen molar-refractivity contribution in [3.63, 3.8) is 0 Å². The molecule has 0 bridgehead atoms. The van der Waals surface area contributed by atoms with E-state index in [1.165, 1.54) is 6.20 Å². The quantitative estimate of drug-likeness (QED) is 0.796. The van der Waals surface area contributed by atoms with Gasteiger partial charge >= 0.3 is 0 Å². The molecule has 2 heterocycles. The summed E-state index contributed by atoms with van der Waals surface area (Å²) in [5.74, 6) is -0.186. The number of aryl methyl sites for hydroxylation is 2. The average molecular weight is 307 g/mol. The number of hydrogen-bond acceptors (Lipinski definition) is 4. The fraction of sp³-hybridized carbons (Fsp3) is 0.400. The molecule has 0 spiro atoms. The van der Waals surface area contributed by atoms with Crippen LogP contribution in [-0.2, 0) is 6.54 Å². The third-order valence-corrected chi connectivity index (χ3v) is 3.48. The molecule has 0 aliphatic carbocycles. The molecule has 0 amide bonds. The zero-order valence-corrected chi connectivity index (χ0v) is 13.5. The highest BCUT2D eigenvalue weighted by Crippen LogP contribution is 2.20. The zero-order chi connectivity index (χ0) is 15.6. The highest BCUT2D eigenvalue weighted by molar-refractivity contribution is 6.34. The molecule has 2 aromatic rings. The molecule has 0 fully saturated rings. The van der Waals surface area contributed by atoms with E-state index >= 15 is 0 Å². The first-order chi connectivity index (χ1) is 9.90. The summed E-state index contributed by atoms with van der Waals surface area (Å²) >= 11 is 6.14. The minimum Gasteiger partial charge on any atom is -0.308 e. The summed E-state index contributed by atoms with van der Waals surface area (Å²) in [6, 6.07) is 1.94. The van der Waals surface area contributed by atoms with Crippen molar-refractivity contribution in [3.05, 3.63) is 46.0 Å². The molecule has 2 rings (SSSR count). The van der Waals surface area contributed by atoms with Gasteiger partial charge in [0.2, 0.25) is 5.78 Å². The van der Waals surface area contributed by atoms with Gasteiger partial charge in [0.05, 0.1) is 17.8 Å². The van der Waals surface area contributed by atoms with E-state index in [4.69, 9.17) is 11.6 Å². The van der Waals surface area contributed by atoms with E-state index in [1.807, 2.05) is 38.9 Å². The average Bonchev–Trinajstić information content (AvgIpc) is 2.77. The van der Waals surface area contributed by atoms with Crippen LogP contribution in [-0.4, -0.2) is 46.1 Å². The van der Waals surface area contributed by atoms with Crippen molar-refractivity contribution in [1.29, 1.82) is 0 Å². The van der Waals surface area contributed by atoms with Crippen LogP contribution < -0.4 is 0 Å². The van der Waals surface area contributed by atoms with Gasteiger partial charge in [-0.3, -0.25) is 14.5 Å². The molecule has 0 saturated heterocycles. The SMILES string of the molecule is Cc1cnc(C(=O)c2c(Cl)cnn2CCN(C)C)c(C)c1. The van der Waals surface area contributed by atoms with Gasteiger partial charge in [-0.05, 0) is 39.1 Å². The summed E-state index contributed by atoms with van der Waals surface area (Å²) in [6.07, 6.45) is 3.20. The van der Waals surface area contributed by atoms with Crippen LogP contribution in [0.2, 0.25) is 5.02 Å². The van der Waals surface area contributed by atoms with Crippen molar-refractivity contribution in [3.8, 4) is 0 Å². The molecular formula is C15H19ClN4O. The standard InChI is InChI=1S/C15H19ClN4O/c1-10-7-11(2)13(17-8-10)15(21)14-12(16)9-18-20(14)6-5-19(3)4/h7-9H,5-6H2,1-4H3. The van der Waals surface area contributed by atoms with Crippen molar-refractivity contribution in [2.24, 2.45) is 0 Å². The van der Waals surface area contributed by atoms with Gasteiger partial charge in [-0.15, -0.1) is 0 Å². The first-order valence-corrected chi connectivity index (χ1v) is 7.12. The van der Waals surface area contributed by atoms with E-state index in [2.05, 4.69) is 10.1 Å². The molecule has 112 valence electrons. The van der Waals surface area contributed by atoms with Gasteiger partial charge in [0, 0.05) is 12.7 Å². The molecule has 0 saturated carbocycles. The van der Waals surface area contributed by atoms with Gasteiger partial charge in [0.15, 0.2) is 0 Å². The number of pyridine rings is 1. The molecule has 0 aliphatic heterocycles. The largest absolute Gasteiger partial charge is 0.308 e. The molecule has 0 aromatic carbocycles. The highest BCUT2D eigenvalue weighted by atomic mass is 35.5. The van der Waals surface area contributed by atoms with E-state index in [0.29, 0.717) is 23.0 Å². The van der Waals surface area contributed by atoms with Crippen molar-refractivity contribution in [2.45, 2.75) is 20.4 Å². The lowest BCUT2D eigenvalue weighted by Gasteiger charge is -2.12. The third-order valence-electron chi connectivity index (χ3n) is 3.20. The molecular weight excluding hydrogens is 288 g/mol. The van der Waals surface area contributed by atoms with E-state index in [0.717, 1.165) is 17.7 Å². The number of carbonyl (C=O) groups excluding carboxylic acids is 1. The fourth-order valence-corrected chi connectivity index (χ4v) is 2.34. The third kappa shape index (κ3) is 3.49. The Bertz CT molecular complexity index is 664. The summed E-state index contributed by atoms with van der Waals surface area (Å²) in [5.41, 5.74) is 2.69. The van der Waals surface area contributed by atoms with Crippen molar-refractivity contribution in [2.75, 3.05) is 20.6 Å². The van der Waals surface area contributed by atoms with Crippen LogP contribution in [0, 0.1) is 13.8 Å². The Hall–Kier alpha value is -1.72. The Morgan fingerprint density at radius 2 is 2.05 bits per heavy atom. The maximum absolute atomic E-state index is 12.7. The lowest BCUT2D eigenvalue weighted by molar-refractivity contribution is 0.102. The van der Waals surface area contributed by atoms with Gasteiger partial charge in [0.1, 0.15) is 11.4 Å². The molecule has 0 N–H and O–H groups in total. The number of hydrogen-bond donors (Lipinski definition) is 0. The summed E-state index contributed by atoms with van der Waals surface area (Å²) in [7, 11) is 3.94. The van der Waals surface area contributed by atoms with Gasteiger partial charge in [-0.2, -0.15) is 5.10 Å². The van der Waals surface area contributed by atoms with Crippen LogP contribution in [0.25, 0.3) is 0 Å². The number of halogens is 1. The lowest BCUT2D eigenvalue weighted by Crippen LogP contribution is -2.22. The molecule has 6 heteroatoms. The van der Waals surface area contributed by atoms with Crippen LogP contribution in [0.4, 0.5) is 0 Å². The van der Waals surface area contributed by atoms with Crippen LogP contribution in [0.15, 0.2) is 18.5 Å². The first kappa shape index (κ1) is 15.7. The topological polar surface area (TPSA) is 51.0 Å². The molecule has 5 nitrogen and oxygen atoms in total. The lowest BCUT2D eigenvalue weighted by atomic mass is 10.1. The molecule has 0 unspecified atom stereocenters. The van der Waals surface area contributed by atoms with Gasteiger partial charge < -0.3 is 4.90 Å². The number of likely N-dealkylation sites (N-methyl/N-ethyl adjacent to an activating group) is 1. The summed E-state index contributed by atoms with van der Waals surface area (Å²) < 4.78 is 1.64.